The number of fused-ring (bicyclic) bond motifs is 2. The molecule has 0 aromatic heterocycles. The summed E-state index contributed by atoms with van der Waals surface area (Å²) in [4.78, 5) is 28.1. The number of benzene rings is 2. The van der Waals surface area contributed by atoms with Crippen molar-refractivity contribution < 1.29 is 23.8 Å². The zero-order valence-electron chi connectivity index (χ0n) is 21.9. The third-order valence-electron chi connectivity index (χ3n) is 8.44. The van der Waals surface area contributed by atoms with Crippen LogP contribution in [-0.4, -0.2) is 35.0 Å². The second kappa shape index (κ2) is 10.2. The number of carbonyl (C=O) groups excluding carboxylic acids is 2. The Hall–Kier alpha value is -1.99. The number of esters is 1. The Kier molecular flexibility index (Phi) is 7.40. The van der Waals surface area contributed by atoms with Gasteiger partial charge < -0.3 is 15.2 Å². The van der Waals surface area contributed by atoms with Gasteiger partial charge in [-0.2, -0.15) is 0 Å². The normalized spacial score (nSPS) is 30.9. The molecule has 0 bridgehead atoms. The first-order valence-electron chi connectivity index (χ1n) is 13.3. The summed E-state index contributed by atoms with van der Waals surface area (Å²) in [6, 6.07) is 8.65. The summed E-state index contributed by atoms with van der Waals surface area (Å²) in [5.41, 5.74) is -0.428. The molecule has 4 atom stereocenters. The Morgan fingerprint density at radius 2 is 1.87 bits per heavy atom. The van der Waals surface area contributed by atoms with Crippen LogP contribution in [0.2, 0.25) is 10.0 Å². The maximum absolute atomic E-state index is 15.0. The molecule has 2 aromatic carbocycles. The molecule has 0 radical (unpaired) electrons. The van der Waals surface area contributed by atoms with Gasteiger partial charge in [0.05, 0.1) is 17.2 Å². The number of aliphatic hydroxyl groups excluding tert-OH is 1. The Morgan fingerprint density at radius 1 is 1.16 bits per heavy atom. The fraction of sp³-hybridized carbons (Fsp3) is 0.533. The zero-order chi connectivity index (χ0) is 27.4. The van der Waals surface area contributed by atoms with E-state index in [0.717, 1.165) is 18.4 Å². The average Bonchev–Trinajstić information content (AvgIpc) is 3.30. The van der Waals surface area contributed by atoms with E-state index in [1.54, 1.807) is 18.2 Å². The van der Waals surface area contributed by atoms with Crippen LogP contribution in [0.1, 0.15) is 76.3 Å². The molecule has 2 aromatic rings. The molecule has 0 unspecified atom stereocenters. The van der Waals surface area contributed by atoms with E-state index < -0.39 is 35.2 Å². The summed E-state index contributed by atoms with van der Waals surface area (Å²) in [7, 11) is 0. The van der Waals surface area contributed by atoms with Gasteiger partial charge in [-0.25, -0.2) is 4.39 Å². The molecule has 5 rings (SSSR count). The molecule has 2 aliphatic heterocycles. The molecule has 0 amide bonds. The molecule has 2 fully saturated rings. The van der Waals surface area contributed by atoms with Gasteiger partial charge in [-0.1, -0.05) is 56.1 Å². The molecular weight excluding hydrogens is 528 g/mol. The van der Waals surface area contributed by atoms with Crippen molar-refractivity contribution in [3.63, 3.8) is 0 Å². The van der Waals surface area contributed by atoms with Crippen LogP contribution in [0.25, 0.3) is 0 Å². The molecule has 1 saturated heterocycles. The van der Waals surface area contributed by atoms with Crippen molar-refractivity contribution in [1.29, 1.82) is 0 Å². The van der Waals surface area contributed by atoms with Crippen LogP contribution >= 0.6 is 23.2 Å². The maximum atomic E-state index is 15.0. The van der Waals surface area contributed by atoms with Gasteiger partial charge in [-0.05, 0) is 67.2 Å². The van der Waals surface area contributed by atoms with Crippen LogP contribution in [0, 0.1) is 17.2 Å². The molecule has 1 aliphatic carbocycles. The number of halogens is 3. The maximum Gasteiger partial charge on any atom is 0.324 e. The Bertz CT molecular complexity index is 1250. The van der Waals surface area contributed by atoms with Crippen LogP contribution in [0.3, 0.4) is 0 Å². The Morgan fingerprint density at radius 3 is 2.53 bits per heavy atom. The lowest BCUT2D eigenvalue weighted by Gasteiger charge is -2.36. The predicted molar refractivity (Wildman–Crippen MR) is 145 cm³/mol. The summed E-state index contributed by atoms with van der Waals surface area (Å²) < 4.78 is 20.8. The number of hydrogen-bond acceptors (Lipinski definition) is 5. The quantitative estimate of drug-likeness (QED) is 0.328. The fourth-order valence-corrected chi connectivity index (χ4v) is 7.16. The molecule has 38 heavy (non-hydrogen) atoms. The standard InChI is InChI=1S/C30H34Cl2FNO4/c1-29(2,3)15-25-30(20-13-22(33)21(32)14-24(20)38-28(30)37)26(17-5-4-6-18(31)12-17)27(34-25)23(36)11-16-7-9-19(35)10-8-16/h4-6,12-14,16,19,25-27,34-35H,7-11,15H2,1-3H3/t16?,19?,25-,26+,27+,30+/m1/s1. The second-order valence-electron chi connectivity index (χ2n) is 12.4. The van der Waals surface area contributed by atoms with Crippen molar-refractivity contribution in [1.82, 2.24) is 5.32 Å². The van der Waals surface area contributed by atoms with Gasteiger partial charge in [0.15, 0.2) is 5.78 Å². The lowest BCUT2D eigenvalue weighted by molar-refractivity contribution is -0.139. The van der Waals surface area contributed by atoms with Crippen molar-refractivity contribution in [2.45, 2.75) is 88.8 Å². The highest BCUT2D eigenvalue weighted by molar-refractivity contribution is 6.31. The van der Waals surface area contributed by atoms with Gasteiger partial charge >= 0.3 is 5.97 Å². The molecule has 204 valence electrons. The van der Waals surface area contributed by atoms with Crippen molar-refractivity contribution in [3.8, 4) is 5.75 Å². The zero-order valence-corrected chi connectivity index (χ0v) is 23.4. The van der Waals surface area contributed by atoms with E-state index in [9.17, 15) is 19.1 Å². The highest BCUT2D eigenvalue weighted by Gasteiger charge is 2.67. The van der Waals surface area contributed by atoms with Gasteiger partial charge in [0.1, 0.15) is 17.0 Å². The highest BCUT2D eigenvalue weighted by Crippen LogP contribution is 2.58. The number of Topliss-reactive ketones (excluding diaryl/α,β-unsaturated/α-hetero) is 1. The van der Waals surface area contributed by atoms with Gasteiger partial charge in [0, 0.05) is 35.0 Å². The molecule has 2 heterocycles. The predicted octanol–water partition coefficient (Wildman–Crippen LogP) is 6.36. The van der Waals surface area contributed by atoms with Crippen molar-refractivity contribution >= 4 is 35.0 Å². The minimum absolute atomic E-state index is 0.00262. The Labute approximate surface area is 233 Å². The lowest BCUT2D eigenvalue weighted by Crippen LogP contribution is -2.49. The number of rotatable bonds is 5. The van der Waals surface area contributed by atoms with Crippen LogP contribution < -0.4 is 10.1 Å². The first kappa shape index (κ1) is 27.6. The number of hydrogen-bond donors (Lipinski definition) is 2. The minimum Gasteiger partial charge on any atom is -0.425 e. The second-order valence-corrected chi connectivity index (χ2v) is 13.2. The largest absolute Gasteiger partial charge is 0.425 e. The monoisotopic (exact) mass is 561 g/mol. The van der Waals surface area contributed by atoms with Crippen molar-refractivity contribution in [3.05, 3.63) is 63.4 Å². The van der Waals surface area contributed by atoms with E-state index in [1.807, 2.05) is 6.07 Å². The van der Waals surface area contributed by atoms with E-state index in [0.29, 0.717) is 36.3 Å². The average molecular weight is 563 g/mol. The lowest BCUT2D eigenvalue weighted by atomic mass is 9.62. The van der Waals surface area contributed by atoms with E-state index in [1.165, 1.54) is 12.1 Å². The molecule has 1 spiro atoms. The van der Waals surface area contributed by atoms with Crippen LogP contribution in [-0.2, 0) is 15.0 Å². The van der Waals surface area contributed by atoms with E-state index in [4.69, 9.17) is 27.9 Å². The highest BCUT2D eigenvalue weighted by atomic mass is 35.5. The molecule has 1 saturated carbocycles. The van der Waals surface area contributed by atoms with Crippen molar-refractivity contribution in [2.24, 2.45) is 11.3 Å². The first-order valence-corrected chi connectivity index (χ1v) is 14.1. The number of ether oxygens (including phenoxy) is 1. The van der Waals surface area contributed by atoms with Crippen molar-refractivity contribution in [2.75, 3.05) is 0 Å². The molecule has 2 N–H and O–H groups in total. The summed E-state index contributed by atoms with van der Waals surface area (Å²) in [5.74, 6) is -1.42. The summed E-state index contributed by atoms with van der Waals surface area (Å²) >= 11 is 12.5. The number of ketones is 1. The van der Waals surface area contributed by atoms with E-state index in [2.05, 4.69) is 26.1 Å². The fourth-order valence-electron chi connectivity index (χ4n) is 6.81. The summed E-state index contributed by atoms with van der Waals surface area (Å²) in [5, 5.41) is 13.8. The van der Waals surface area contributed by atoms with Crippen LogP contribution in [0.4, 0.5) is 4.39 Å². The number of nitrogens with one attached hydrogen (secondary N) is 1. The number of aliphatic hydroxyl groups is 1. The van der Waals surface area contributed by atoms with Gasteiger partial charge in [-0.3, -0.25) is 9.59 Å². The van der Waals surface area contributed by atoms with E-state index in [-0.39, 0.29) is 34.0 Å². The third kappa shape index (κ3) is 4.90. The summed E-state index contributed by atoms with van der Waals surface area (Å²) in [6.07, 6.45) is 3.52. The smallest absolute Gasteiger partial charge is 0.324 e. The Balaban J connectivity index is 1.66. The molecular formula is C30H34Cl2FNO4. The molecule has 5 nitrogen and oxygen atoms in total. The van der Waals surface area contributed by atoms with Gasteiger partial charge in [-0.15, -0.1) is 0 Å². The van der Waals surface area contributed by atoms with E-state index >= 15 is 0 Å². The summed E-state index contributed by atoms with van der Waals surface area (Å²) in [6.45, 7) is 6.22. The molecule has 3 aliphatic rings. The third-order valence-corrected chi connectivity index (χ3v) is 8.96. The van der Waals surface area contributed by atoms with Crippen LogP contribution in [0.5, 0.6) is 5.75 Å². The molecule has 8 heteroatoms. The van der Waals surface area contributed by atoms with Crippen LogP contribution in [0.15, 0.2) is 36.4 Å². The first-order chi connectivity index (χ1) is 17.9. The number of carbonyl (C=O) groups is 2. The van der Waals surface area contributed by atoms with Gasteiger partial charge in [0.2, 0.25) is 0 Å². The minimum atomic E-state index is -1.35. The topological polar surface area (TPSA) is 75.6 Å². The SMILES string of the molecule is CC(C)(C)C[C@H]1N[C@@H](C(=O)CC2CCC(O)CC2)[C@H](c2cccc(Cl)c2)[C@@]12C(=O)Oc1cc(Cl)c(F)cc12. The van der Waals surface area contributed by atoms with Gasteiger partial charge in [0.25, 0.3) is 0 Å².